The molecule has 0 heterocycles. The summed E-state index contributed by atoms with van der Waals surface area (Å²) < 4.78 is 16.8. The van der Waals surface area contributed by atoms with Crippen molar-refractivity contribution in [2.24, 2.45) is 0 Å². The standard InChI is InChI=1S/Al.Ba.O2Si.5H/c;;1-3-2;;;;;. The van der Waals surface area contributed by atoms with E-state index in [1.54, 1.807) is 0 Å². The number of rotatable bonds is 0. The molecule has 0 aromatic carbocycles. The third-order valence-electron chi connectivity index (χ3n) is 0. The summed E-state index contributed by atoms with van der Waals surface area (Å²) in [6.45, 7) is 0. The summed E-state index contributed by atoms with van der Waals surface area (Å²) in [5.41, 5.74) is 0. The molecule has 26 valence electrons. The van der Waals surface area contributed by atoms with Crippen LogP contribution < -0.4 is 0 Å². The van der Waals surface area contributed by atoms with Crippen molar-refractivity contribution in [3.8, 4) is 0 Å². The van der Waals surface area contributed by atoms with Gasteiger partial charge in [0.05, 0.1) is 0 Å². The zero-order valence-electron chi connectivity index (χ0n) is 1.32. The Morgan fingerprint density at radius 1 is 1.20 bits per heavy atom. The summed E-state index contributed by atoms with van der Waals surface area (Å²) in [6, 6.07) is 0. The molecule has 0 amide bonds. The SMILES string of the molecule is O=[Si]=O.[AlH3].[BaH2]. The van der Waals surface area contributed by atoms with Crippen molar-refractivity contribution in [1.82, 2.24) is 0 Å². The summed E-state index contributed by atoms with van der Waals surface area (Å²) >= 11 is 0. The van der Waals surface area contributed by atoms with Crippen molar-refractivity contribution in [1.29, 1.82) is 0 Å². The minimum absolute atomic E-state index is 0. The fourth-order valence-corrected chi connectivity index (χ4v) is 0. The van der Waals surface area contributed by atoms with Crippen LogP contribution in [0.15, 0.2) is 0 Å². The molecular weight excluding hydrogens is 224 g/mol. The molecule has 0 aromatic rings. The Kier molecular flexibility index (Phi) is 53.0. The van der Waals surface area contributed by atoms with Gasteiger partial charge >= 0.3 is 58.2 Å². The van der Waals surface area contributed by atoms with Gasteiger partial charge in [0.15, 0.2) is 17.4 Å². The van der Waals surface area contributed by atoms with E-state index >= 15 is 0 Å². The van der Waals surface area contributed by atoms with Gasteiger partial charge in [-0.05, 0) is 0 Å². The Balaban J connectivity index is -0.0000000200. The minimum atomic E-state index is -1.42. The first kappa shape index (κ1) is 15.8. The van der Waals surface area contributed by atoms with Crippen LogP contribution in [0.3, 0.4) is 0 Å². The summed E-state index contributed by atoms with van der Waals surface area (Å²) in [4.78, 5) is 0. The van der Waals surface area contributed by atoms with Gasteiger partial charge in [0, 0.05) is 0 Å². The Morgan fingerprint density at radius 3 is 1.20 bits per heavy atom. The first-order chi connectivity index (χ1) is 1.41. The fourth-order valence-electron chi connectivity index (χ4n) is 0. The maximum absolute atomic E-state index is 8.40. The predicted molar refractivity (Wildman–Crippen MR) is 25.6 cm³/mol. The summed E-state index contributed by atoms with van der Waals surface area (Å²) in [6.07, 6.45) is 0. The van der Waals surface area contributed by atoms with Gasteiger partial charge in [0.1, 0.15) is 0 Å². The van der Waals surface area contributed by atoms with E-state index < -0.39 is 9.29 Å². The molecule has 0 aliphatic rings. The zero-order valence-corrected chi connectivity index (χ0v) is 2.32. The van der Waals surface area contributed by atoms with Crippen molar-refractivity contribution < 1.29 is 8.92 Å². The molecule has 0 atom stereocenters. The van der Waals surface area contributed by atoms with Crippen LogP contribution >= 0.6 is 0 Å². The maximum atomic E-state index is 8.40. The van der Waals surface area contributed by atoms with Crippen LogP contribution in [0.5, 0.6) is 0 Å². The second kappa shape index (κ2) is 16.8. The van der Waals surface area contributed by atoms with E-state index in [1.807, 2.05) is 0 Å². The second-order valence-corrected chi connectivity index (χ2v) is 0.250. The predicted octanol–water partition coefficient (Wildman–Crippen LogP) is -2.72. The normalized spacial score (nSPS) is 1.60. The topological polar surface area (TPSA) is 34.1 Å². The van der Waals surface area contributed by atoms with Crippen LogP contribution in [0.25, 0.3) is 0 Å². The molecule has 0 aromatic heterocycles. The van der Waals surface area contributed by atoms with Crippen LogP contribution in [-0.2, 0) is 8.92 Å². The Morgan fingerprint density at radius 2 is 1.20 bits per heavy atom. The third-order valence-corrected chi connectivity index (χ3v) is 0. The fraction of sp³-hybridized carbons (Fsp3) is 0. The van der Waals surface area contributed by atoms with E-state index in [-0.39, 0.29) is 66.2 Å². The molecule has 0 fully saturated rings. The number of hydrogen-bond donors (Lipinski definition) is 0. The van der Waals surface area contributed by atoms with E-state index in [9.17, 15) is 0 Å². The summed E-state index contributed by atoms with van der Waals surface area (Å²) in [5.74, 6) is 0. The van der Waals surface area contributed by atoms with Gasteiger partial charge in [0.2, 0.25) is 0 Å². The van der Waals surface area contributed by atoms with Crippen molar-refractivity contribution in [2.45, 2.75) is 0 Å². The molecule has 0 N–H and O–H groups in total. The van der Waals surface area contributed by atoms with Crippen LogP contribution in [0.1, 0.15) is 0 Å². The molecule has 0 aliphatic heterocycles. The van der Waals surface area contributed by atoms with Gasteiger partial charge < -0.3 is 0 Å². The van der Waals surface area contributed by atoms with Crippen molar-refractivity contribution in [3.05, 3.63) is 0 Å². The first-order valence-corrected chi connectivity index (χ1v) is 1.22. The average molecular weight is 229 g/mol. The third kappa shape index (κ3) is 24.7. The van der Waals surface area contributed by atoms with Gasteiger partial charge in [0.25, 0.3) is 0 Å². The van der Waals surface area contributed by atoms with Gasteiger partial charge in [-0.1, -0.05) is 0 Å². The molecule has 2 nitrogen and oxygen atoms in total. The molecule has 0 aliphatic carbocycles. The Bertz CT molecular complexity index is 30.6. The van der Waals surface area contributed by atoms with E-state index in [4.69, 9.17) is 8.92 Å². The molecule has 0 saturated carbocycles. The van der Waals surface area contributed by atoms with Crippen molar-refractivity contribution >= 4 is 75.5 Å². The molecule has 0 rings (SSSR count). The molecule has 0 unspecified atom stereocenters. The molecule has 0 bridgehead atoms. The monoisotopic (exact) mass is 230 g/mol. The van der Waals surface area contributed by atoms with E-state index in [2.05, 4.69) is 0 Å². The molecule has 5 heavy (non-hydrogen) atoms. The quantitative estimate of drug-likeness (QED) is 0.423. The van der Waals surface area contributed by atoms with Crippen LogP contribution in [0, 0.1) is 0 Å². The van der Waals surface area contributed by atoms with E-state index in [0.29, 0.717) is 0 Å². The van der Waals surface area contributed by atoms with E-state index in [0.717, 1.165) is 0 Å². The molecule has 0 saturated heterocycles. The van der Waals surface area contributed by atoms with Gasteiger partial charge in [-0.3, -0.25) is 8.92 Å². The van der Waals surface area contributed by atoms with E-state index in [1.165, 1.54) is 0 Å². The van der Waals surface area contributed by atoms with Gasteiger partial charge in [-0.25, -0.2) is 0 Å². The van der Waals surface area contributed by atoms with Crippen molar-refractivity contribution in [2.75, 3.05) is 0 Å². The summed E-state index contributed by atoms with van der Waals surface area (Å²) in [5, 5.41) is 0. The average Bonchev–Trinajstić information content (AvgIpc) is 0.918. The molecule has 0 spiro atoms. The first-order valence-electron chi connectivity index (χ1n) is 0.408. The molecule has 0 radical (unpaired) electrons. The number of hydrogen-bond acceptors (Lipinski definition) is 2. The van der Waals surface area contributed by atoms with Crippen molar-refractivity contribution in [3.63, 3.8) is 0 Å². The zero-order chi connectivity index (χ0) is 2.71. The summed E-state index contributed by atoms with van der Waals surface area (Å²) in [7, 11) is -1.42. The van der Waals surface area contributed by atoms with Crippen LogP contribution in [-0.4, -0.2) is 75.5 Å². The van der Waals surface area contributed by atoms with Crippen LogP contribution in [0.4, 0.5) is 0 Å². The Hall–Kier alpha value is 1.92. The molecule has 5 heteroatoms. The Labute approximate surface area is 82.9 Å². The van der Waals surface area contributed by atoms with Gasteiger partial charge in [-0.15, -0.1) is 0 Å². The van der Waals surface area contributed by atoms with Crippen LogP contribution in [0.2, 0.25) is 0 Å². The second-order valence-electron chi connectivity index (χ2n) is 0.0833. The molecular formula is H5AlBaO2Si. The van der Waals surface area contributed by atoms with Gasteiger partial charge in [-0.2, -0.15) is 0 Å².